The second kappa shape index (κ2) is 11.4. The van der Waals surface area contributed by atoms with E-state index < -0.39 is 0 Å². The van der Waals surface area contributed by atoms with Gasteiger partial charge in [-0.25, -0.2) is 0 Å². The van der Waals surface area contributed by atoms with Crippen LogP contribution in [-0.4, -0.2) is 15.9 Å². The topological polar surface area (TPSA) is 23.9 Å². The fourth-order valence-corrected chi connectivity index (χ4v) is 2.98. The van der Waals surface area contributed by atoms with Crippen molar-refractivity contribution >= 4 is 27.9 Å². The van der Waals surface area contributed by atoms with Crippen LogP contribution in [-0.2, 0) is 0 Å². The van der Waals surface area contributed by atoms with Crippen LogP contribution in [0.25, 0.3) is 0 Å². The Morgan fingerprint density at radius 1 is 0.857 bits per heavy atom. The van der Waals surface area contributed by atoms with E-state index in [9.17, 15) is 0 Å². The van der Waals surface area contributed by atoms with Crippen LogP contribution in [0.5, 0.6) is 0 Å². The van der Waals surface area contributed by atoms with Gasteiger partial charge < -0.3 is 0 Å². The average molecular weight is 233 g/mol. The summed E-state index contributed by atoms with van der Waals surface area (Å²) >= 11 is 3.44. The Kier molecular flexibility index (Phi) is 11.7. The zero-order chi connectivity index (χ0) is 10.6. The Morgan fingerprint density at radius 3 is 1.64 bits per heavy atom. The SMILES string of the molecule is CCCCCSC(=N)SCCCCC. The third kappa shape index (κ3) is 10.5. The number of unbranched alkanes of at least 4 members (excludes halogenated alkanes) is 4. The summed E-state index contributed by atoms with van der Waals surface area (Å²) in [5.74, 6) is 2.26. The first-order valence-corrected chi connectivity index (χ1v) is 7.62. The van der Waals surface area contributed by atoms with Crippen molar-refractivity contribution in [3.63, 3.8) is 0 Å². The van der Waals surface area contributed by atoms with Gasteiger partial charge in [0.25, 0.3) is 0 Å². The second-order valence-corrected chi connectivity index (χ2v) is 5.87. The maximum Gasteiger partial charge on any atom is 0.121 e. The summed E-state index contributed by atoms with van der Waals surface area (Å²) < 4.78 is 0.817. The van der Waals surface area contributed by atoms with E-state index in [1.54, 1.807) is 23.5 Å². The molecule has 0 saturated heterocycles. The predicted octanol–water partition coefficient (Wildman–Crippen LogP) is 4.77. The summed E-state index contributed by atoms with van der Waals surface area (Å²) in [6, 6.07) is 0. The molecule has 0 spiro atoms. The van der Waals surface area contributed by atoms with Gasteiger partial charge in [0.15, 0.2) is 0 Å². The summed E-state index contributed by atoms with van der Waals surface area (Å²) in [5.41, 5.74) is 0. The van der Waals surface area contributed by atoms with Gasteiger partial charge in [-0.05, 0) is 24.3 Å². The molecule has 0 aromatic carbocycles. The molecule has 0 heterocycles. The number of thioether (sulfide) groups is 2. The molecule has 0 bridgehead atoms. The second-order valence-electron chi connectivity index (χ2n) is 3.40. The molecule has 0 saturated carbocycles. The highest BCUT2D eigenvalue weighted by Crippen LogP contribution is 2.18. The van der Waals surface area contributed by atoms with Gasteiger partial charge in [-0.3, -0.25) is 5.41 Å². The van der Waals surface area contributed by atoms with Crippen molar-refractivity contribution < 1.29 is 0 Å². The van der Waals surface area contributed by atoms with Gasteiger partial charge in [-0.15, -0.1) is 23.5 Å². The lowest BCUT2D eigenvalue weighted by molar-refractivity contribution is 0.779. The Bertz CT molecular complexity index is 123. The minimum absolute atomic E-state index is 0.817. The summed E-state index contributed by atoms with van der Waals surface area (Å²) in [7, 11) is 0. The van der Waals surface area contributed by atoms with Crippen molar-refractivity contribution in [3.05, 3.63) is 0 Å². The lowest BCUT2D eigenvalue weighted by Gasteiger charge is -2.02. The average Bonchev–Trinajstić information content (AvgIpc) is 2.19. The Labute approximate surface area is 97.3 Å². The first-order chi connectivity index (χ1) is 6.81. The van der Waals surface area contributed by atoms with Gasteiger partial charge in [0, 0.05) is 0 Å². The van der Waals surface area contributed by atoms with E-state index in [2.05, 4.69) is 13.8 Å². The highest BCUT2D eigenvalue weighted by atomic mass is 32.2. The number of nitrogens with one attached hydrogen (secondary N) is 1. The maximum atomic E-state index is 7.69. The molecule has 0 rings (SSSR count). The van der Waals surface area contributed by atoms with Gasteiger partial charge in [0.1, 0.15) is 4.38 Å². The minimum atomic E-state index is 0.817. The summed E-state index contributed by atoms with van der Waals surface area (Å²) in [4.78, 5) is 0. The number of rotatable bonds is 8. The van der Waals surface area contributed by atoms with E-state index in [0.29, 0.717) is 0 Å². The smallest absolute Gasteiger partial charge is 0.121 e. The van der Waals surface area contributed by atoms with Crippen LogP contribution in [0.15, 0.2) is 0 Å². The van der Waals surface area contributed by atoms with Gasteiger partial charge >= 0.3 is 0 Å². The molecule has 14 heavy (non-hydrogen) atoms. The van der Waals surface area contributed by atoms with Crippen molar-refractivity contribution in [2.45, 2.75) is 52.4 Å². The summed E-state index contributed by atoms with van der Waals surface area (Å²) in [6.45, 7) is 4.44. The molecule has 0 fully saturated rings. The Hall–Kier alpha value is 0.370. The fourth-order valence-electron chi connectivity index (χ4n) is 1.08. The molecule has 0 atom stereocenters. The van der Waals surface area contributed by atoms with Crippen LogP contribution in [0, 0.1) is 5.41 Å². The molecule has 3 heteroatoms. The molecule has 0 radical (unpaired) electrons. The molecule has 0 aliphatic heterocycles. The molecule has 1 N–H and O–H groups in total. The van der Waals surface area contributed by atoms with Crippen molar-refractivity contribution in [1.82, 2.24) is 0 Å². The first-order valence-electron chi connectivity index (χ1n) is 5.65. The summed E-state index contributed by atoms with van der Waals surface area (Å²) in [6.07, 6.45) is 7.69. The molecule has 0 aliphatic rings. The number of hydrogen-bond acceptors (Lipinski definition) is 3. The van der Waals surface area contributed by atoms with Crippen molar-refractivity contribution in [2.24, 2.45) is 0 Å². The van der Waals surface area contributed by atoms with Crippen LogP contribution >= 0.6 is 23.5 Å². The van der Waals surface area contributed by atoms with Crippen LogP contribution in [0.3, 0.4) is 0 Å². The Balaban J connectivity index is 3.11. The van der Waals surface area contributed by atoms with Crippen LogP contribution in [0.1, 0.15) is 52.4 Å². The molecule has 0 aromatic heterocycles. The Morgan fingerprint density at radius 2 is 1.29 bits per heavy atom. The van der Waals surface area contributed by atoms with Crippen molar-refractivity contribution in [1.29, 1.82) is 5.41 Å². The van der Waals surface area contributed by atoms with Gasteiger partial charge in [-0.1, -0.05) is 39.5 Å². The van der Waals surface area contributed by atoms with E-state index in [1.807, 2.05) is 0 Å². The zero-order valence-electron chi connectivity index (χ0n) is 9.47. The standard InChI is InChI=1S/C11H23NS2/c1-3-5-7-9-13-11(12)14-10-8-6-4-2/h12H,3-10H2,1-2H3. The molecule has 0 amide bonds. The molecule has 1 nitrogen and oxygen atoms in total. The minimum Gasteiger partial charge on any atom is -0.288 e. The largest absolute Gasteiger partial charge is 0.288 e. The van der Waals surface area contributed by atoms with Gasteiger partial charge in [-0.2, -0.15) is 0 Å². The highest BCUT2D eigenvalue weighted by Gasteiger charge is 1.98. The van der Waals surface area contributed by atoms with E-state index >= 15 is 0 Å². The maximum absolute atomic E-state index is 7.69. The van der Waals surface area contributed by atoms with Crippen LogP contribution in [0.2, 0.25) is 0 Å². The molecule has 84 valence electrons. The normalized spacial score (nSPS) is 10.4. The monoisotopic (exact) mass is 233 g/mol. The van der Waals surface area contributed by atoms with Crippen LogP contribution < -0.4 is 0 Å². The quantitative estimate of drug-likeness (QED) is 0.371. The third-order valence-electron chi connectivity index (χ3n) is 1.96. The van der Waals surface area contributed by atoms with Gasteiger partial charge in [0.2, 0.25) is 0 Å². The molecule has 0 aliphatic carbocycles. The van der Waals surface area contributed by atoms with E-state index in [1.165, 1.54) is 38.5 Å². The van der Waals surface area contributed by atoms with Gasteiger partial charge in [0.05, 0.1) is 0 Å². The third-order valence-corrected chi connectivity index (χ3v) is 4.18. The van der Waals surface area contributed by atoms with Crippen LogP contribution in [0.4, 0.5) is 0 Å². The van der Waals surface area contributed by atoms with Crippen molar-refractivity contribution in [2.75, 3.05) is 11.5 Å². The lowest BCUT2D eigenvalue weighted by atomic mass is 10.3. The molecule has 0 unspecified atom stereocenters. The van der Waals surface area contributed by atoms with E-state index in [0.717, 1.165) is 15.9 Å². The molecular formula is C11H23NS2. The summed E-state index contributed by atoms with van der Waals surface area (Å²) in [5, 5.41) is 7.69. The van der Waals surface area contributed by atoms with Crippen molar-refractivity contribution in [3.8, 4) is 0 Å². The predicted molar refractivity (Wildman–Crippen MR) is 71.7 cm³/mol. The number of hydrogen-bond donors (Lipinski definition) is 1. The molecule has 0 aromatic rings. The molecular weight excluding hydrogens is 210 g/mol. The van der Waals surface area contributed by atoms with E-state index in [4.69, 9.17) is 5.41 Å². The van der Waals surface area contributed by atoms with E-state index in [-0.39, 0.29) is 0 Å². The first kappa shape index (κ1) is 14.4. The lowest BCUT2D eigenvalue weighted by Crippen LogP contribution is -1.89. The highest BCUT2D eigenvalue weighted by molar-refractivity contribution is 8.38. The fraction of sp³-hybridized carbons (Fsp3) is 0.909. The zero-order valence-corrected chi connectivity index (χ0v) is 11.1.